The number of nitrogens with one attached hydrogen (secondary N) is 4. The van der Waals surface area contributed by atoms with Gasteiger partial charge in [-0.15, -0.1) is 0 Å². The van der Waals surface area contributed by atoms with Gasteiger partial charge in [-0.3, -0.25) is 14.4 Å². The van der Waals surface area contributed by atoms with Gasteiger partial charge in [0.2, 0.25) is 0 Å². The number of hydrogen-bond donors (Lipinski definition) is 4. The smallest absolute Gasteiger partial charge is 0.274 e. The molecule has 4 N–H and O–H groups in total. The molecule has 0 saturated carbocycles. The van der Waals surface area contributed by atoms with Crippen molar-refractivity contribution in [1.82, 2.24) is 15.3 Å². The van der Waals surface area contributed by atoms with Gasteiger partial charge in [-0.25, -0.2) is 13.8 Å². The monoisotopic (exact) mass is 433 g/mol. The van der Waals surface area contributed by atoms with Crippen LogP contribution in [-0.4, -0.2) is 34.7 Å². The number of carbonyl (C=O) groups is 3. The Balaban J connectivity index is 1.69. The summed E-state index contributed by atoms with van der Waals surface area (Å²) in [6.45, 7) is 0. The van der Waals surface area contributed by atoms with Crippen molar-refractivity contribution < 1.29 is 23.2 Å². The van der Waals surface area contributed by atoms with Crippen LogP contribution in [0, 0.1) is 11.6 Å². The average Bonchev–Trinajstić information content (AvgIpc) is 3.23. The maximum Gasteiger partial charge on any atom is 0.274 e. The number of anilines is 2. The number of amides is 3. The number of nitrogens with zero attached hydrogens (tertiary/aromatic N) is 1. The number of aromatic amines is 1. The molecule has 0 spiro atoms. The number of rotatable bonds is 5. The lowest BCUT2D eigenvalue weighted by Gasteiger charge is -2.09. The molecule has 0 radical (unpaired) electrons. The first-order valence-corrected chi connectivity index (χ1v) is 8.81. The van der Waals surface area contributed by atoms with Crippen molar-refractivity contribution >= 4 is 40.7 Å². The Kier molecular flexibility index (Phi) is 6.07. The van der Waals surface area contributed by atoms with Crippen LogP contribution < -0.4 is 16.0 Å². The van der Waals surface area contributed by atoms with E-state index in [2.05, 4.69) is 25.9 Å². The Morgan fingerprint density at radius 2 is 1.53 bits per heavy atom. The first kappa shape index (κ1) is 20.9. The van der Waals surface area contributed by atoms with Crippen molar-refractivity contribution in [3.63, 3.8) is 0 Å². The Labute approximate surface area is 173 Å². The molecule has 3 aromatic rings. The lowest BCUT2D eigenvalue weighted by Crippen LogP contribution is -2.23. The summed E-state index contributed by atoms with van der Waals surface area (Å²) in [5.74, 6) is -4.07. The largest absolute Gasteiger partial charge is 0.354 e. The van der Waals surface area contributed by atoms with Crippen LogP contribution in [0.3, 0.4) is 0 Å². The number of hydrogen-bond acceptors (Lipinski definition) is 4. The second kappa shape index (κ2) is 8.70. The van der Waals surface area contributed by atoms with E-state index in [1.54, 1.807) is 0 Å². The highest BCUT2D eigenvalue weighted by molar-refractivity contribution is 6.31. The van der Waals surface area contributed by atoms with Crippen molar-refractivity contribution in [3.8, 4) is 0 Å². The number of benzene rings is 2. The summed E-state index contributed by atoms with van der Waals surface area (Å²) in [6, 6.07) is 7.76. The molecule has 1 heterocycles. The zero-order chi connectivity index (χ0) is 21.8. The third-order valence-electron chi connectivity index (χ3n) is 3.99. The maximum absolute atomic E-state index is 14.0. The molecule has 0 saturated heterocycles. The van der Waals surface area contributed by atoms with Crippen LogP contribution in [0.15, 0.2) is 42.7 Å². The van der Waals surface area contributed by atoms with Gasteiger partial charge in [-0.2, -0.15) is 0 Å². The molecule has 2 aromatic carbocycles. The molecule has 1 aromatic heterocycles. The molecule has 154 valence electrons. The summed E-state index contributed by atoms with van der Waals surface area (Å²) in [4.78, 5) is 42.7. The number of aromatic nitrogens is 2. The van der Waals surface area contributed by atoms with Crippen LogP contribution in [0.5, 0.6) is 0 Å². The Morgan fingerprint density at radius 3 is 2.13 bits per heavy atom. The van der Waals surface area contributed by atoms with Gasteiger partial charge in [0.25, 0.3) is 17.7 Å². The number of halogens is 3. The van der Waals surface area contributed by atoms with Crippen LogP contribution in [-0.2, 0) is 0 Å². The highest BCUT2D eigenvalue weighted by Gasteiger charge is 2.20. The minimum Gasteiger partial charge on any atom is -0.354 e. The highest BCUT2D eigenvalue weighted by atomic mass is 35.5. The van der Waals surface area contributed by atoms with Crippen LogP contribution in [0.4, 0.5) is 20.2 Å². The summed E-state index contributed by atoms with van der Waals surface area (Å²) >= 11 is 5.48. The predicted octanol–water partition coefficient (Wildman–Crippen LogP) is 3.21. The molecule has 8 nitrogen and oxygen atoms in total. The normalized spacial score (nSPS) is 10.4. The second-order valence-electron chi connectivity index (χ2n) is 5.91. The quantitative estimate of drug-likeness (QED) is 0.462. The fourth-order valence-electron chi connectivity index (χ4n) is 2.49. The molecule has 0 atom stereocenters. The molecular formula is C19H14ClF2N5O3. The predicted molar refractivity (Wildman–Crippen MR) is 106 cm³/mol. The van der Waals surface area contributed by atoms with Crippen LogP contribution in [0.2, 0.25) is 5.02 Å². The van der Waals surface area contributed by atoms with Gasteiger partial charge in [0.15, 0.2) is 11.5 Å². The van der Waals surface area contributed by atoms with E-state index < -0.39 is 39.9 Å². The minimum atomic E-state index is -1.16. The van der Waals surface area contributed by atoms with Gasteiger partial charge in [-0.1, -0.05) is 11.6 Å². The lowest BCUT2D eigenvalue weighted by molar-refractivity contribution is 0.0943. The van der Waals surface area contributed by atoms with Crippen molar-refractivity contribution in [3.05, 3.63) is 76.3 Å². The molecule has 3 amide bonds. The van der Waals surface area contributed by atoms with E-state index in [1.165, 1.54) is 37.6 Å². The van der Waals surface area contributed by atoms with Crippen LogP contribution in [0.1, 0.15) is 31.3 Å². The molecular weight excluding hydrogens is 420 g/mol. The topological polar surface area (TPSA) is 116 Å². The first-order chi connectivity index (χ1) is 14.3. The molecule has 0 aliphatic heterocycles. The SMILES string of the molecule is CNC(=O)c1nc[nH]c1C(=O)Nc1ccc(NC(=O)c2ccc(F)c(Cl)c2F)cc1. The minimum absolute atomic E-state index is 0.0182. The molecule has 30 heavy (non-hydrogen) atoms. The van der Waals surface area contributed by atoms with Gasteiger partial charge in [0, 0.05) is 18.4 Å². The fraction of sp³-hybridized carbons (Fsp3) is 0.0526. The Hall–Kier alpha value is -3.79. The summed E-state index contributed by atoms with van der Waals surface area (Å²) in [5.41, 5.74) is 0.172. The zero-order valence-corrected chi connectivity index (χ0v) is 16.1. The second-order valence-corrected chi connectivity index (χ2v) is 6.29. The molecule has 0 bridgehead atoms. The van der Waals surface area contributed by atoms with Gasteiger partial charge >= 0.3 is 0 Å². The summed E-state index contributed by atoms with van der Waals surface area (Å²) in [6.07, 6.45) is 1.22. The van der Waals surface area contributed by atoms with E-state index in [0.717, 1.165) is 12.1 Å². The number of carbonyl (C=O) groups excluding carboxylic acids is 3. The van der Waals surface area contributed by atoms with Gasteiger partial charge in [-0.05, 0) is 36.4 Å². The maximum atomic E-state index is 14.0. The van der Waals surface area contributed by atoms with Gasteiger partial charge in [0.05, 0.1) is 11.9 Å². The first-order valence-electron chi connectivity index (χ1n) is 8.43. The fourth-order valence-corrected chi connectivity index (χ4v) is 2.65. The third-order valence-corrected chi connectivity index (χ3v) is 4.34. The molecule has 11 heteroatoms. The molecule has 0 fully saturated rings. The zero-order valence-electron chi connectivity index (χ0n) is 15.3. The summed E-state index contributed by atoms with van der Waals surface area (Å²) in [5, 5.41) is 6.63. The Bertz CT molecular complexity index is 1130. The van der Waals surface area contributed by atoms with Crippen LogP contribution in [0.25, 0.3) is 0 Å². The average molecular weight is 434 g/mol. The van der Waals surface area contributed by atoms with E-state index in [4.69, 9.17) is 11.6 Å². The highest BCUT2D eigenvalue weighted by Crippen LogP contribution is 2.23. The lowest BCUT2D eigenvalue weighted by atomic mass is 10.2. The number of H-pyrrole nitrogens is 1. The van der Waals surface area contributed by atoms with Crippen molar-refractivity contribution in [2.24, 2.45) is 0 Å². The standard InChI is InChI=1S/C19H14ClF2N5O3/c1-23-18(29)15-16(25-8-24-15)19(30)27-10-4-2-9(3-5-10)26-17(28)11-6-7-12(21)13(20)14(11)22/h2-8H,1H3,(H,23,29)(H,24,25)(H,26,28)(H,27,30). The molecule has 0 aliphatic carbocycles. The number of imidazole rings is 1. The van der Waals surface area contributed by atoms with Crippen molar-refractivity contribution in [1.29, 1.82) is 0 Å². The van der Waals surface area contributed by atoms with Crippen molar-refractivity contribution in [2.45, 2.75) is 0 Å². The summed E-state index contributed by atoms with van der Waals surface area (Å²) < 4.78 is 27.2. The van der Waals surface area contributed by atoms with E-state index in [-0.39, 0.29) is 11.4 Å². The van der Waals surface area contributed by atoms with Gasteiger partial charge in [0.1, 0.15) is 16.5 Å². The van der Waals surface area contributed by atoms with E-state index in [0.29, 0.717) is 11.4 Å². The van der Waals surface area contributed by atoms with Gasteiger partial charge < -0.3 is 20.9 Å². The van der Waals surface area contributed by atoms with Crippen molar-refractivity contribution in [2.75, 3.05) is 17.7 Å². The summed E-state index contributed by atoms with van der Waals surface area (Å²) in [7, 11) is 1.41. The van der Waals surface area contributed by atoms with E-state index in [9.17, 15) is 23.2 Å². The molecule has 0 unspecified atom stereocenters. The molecule has 3 rings (SSSR count). The van der Waals surface area contributed by atoms with E-state index in [1.807, 2.05) is 0 Å². The molecule has 0 aliphatic rings. The van der Waals surface area contributed by atoms with E-state index >= 15 is 0 Å². The third kappa shape index (κ3) is 4.28. The van der Waals surface area contributed by atoms with Crippen LogP contribution >= 0.6 is 11.6 Å². The Morgan fingerprint density at radius 1 is 0.933 bits per heavy atom.